The topological polar surface area (TPSA) is 21.3 Å². The molecule has 0 bridgehead atoms. The first-order valence-electron chi connectivity index (χ1n) is 6.73. The van der Waals surface area contributed by atoms with Crippen LogP contribution >= 0.6 is 0 Å². The normalized spacial score (nSPS) is 22.3. The van der Waals surface area contributed by atoms with Crippen LogP contribution in [-0.2, 0) is 4.74 Å². The molecule has 2 heteroatoms. The van der Waals surface area contributed by atoms with Crippen LogP contribution in [0.3, 0.4) is 0 Å². The third-order valence-electron chi connectivity index (χ3n) is 4.42. The van der Waals surface area contributed by atoms with Crippen molar-refractivity contribution in [2.75, 3.05) is 13.7 Å². The molecule has 16 heavy (non-hydrogen) atoms. The number of rotatable bonds is 6. The van der Waals surface area contributed by atoms with Crippen LogP contribution in [0, 0.1) is 11.3 Å². The van der Waals surface area contributed by atoms with Crippen LogP contribution in [-0.4, -0.2) is 25.8 Å². The largest absolute Gasteiger partial charge is 0.380 e. The molecule has 0 radical (unpaired) electrons. The van der Waals surface area contributed by atoms with Crippen molar-refractivity contribution in [2.45, 2.75) is 65.5 Å². The summed E-state index contributed by atoms with van der Waals surface area (Å²) in [4.78, 5) is 0. The maximum atomic E-state index is 5.34. The average Bonchev–Trinajstić information content (AvgIpc) is 2.78. The molecule has 0 amide bonds. The summed E-state index contributed by atoms with van der Waals surface area (Å²) in [6, 6.07) is 0.436. The van der Waals surface area contributed by atoms with Crippen molar-refractivity contribution in [3.05, 3.63) is 0 Å². The highest BCUT2D eigenvalue weighted by Crippen LogP contribution is 2.39. The molecule has 2 unspecified atom stereocenters. The number of methoxy groups -OCH3 is 1. The van der Waals surface area contributed by atoms with Gasteiger partial charge in [-0.2, -0.15) is 0 Å². The van der Waals surface area contributed by atoms with Gasteiger partial charge >= 0.3 is 0 Å². The lowest BCUT2D eigenvalue weighted by atomic mass is 9.77. The van der Waals surface area contributed by atoms with E-state index in [9.17, 15) is 0 Å². The molecule has 1 N–H and O–H groups in total. The minimum Gasteiger partial charge on any atom is -0.380 e. The number of hydrogen-bond donors (Lipinski definition) is 1. The zero-order valence-electron chi connectivity index (χ0n) is 11.7. The molecule has 0 aliphatic heterocycles. The number of hydrogen-bond acceptors (Lipinski definition) is 2. The molecule has 0 aromatic rings. The second kappa shape index (κ2) is 6.02. The third-order valence-corrected chi connectivity index (χ3v) is 4.42. The molecule has 2 atom stereocenters. The van der Waals surface area contributed by atoms with Crippen molar-refractivity contribution in [3.63, 3.8) is 0 Å². The Morgan fingerprint density at radius 1 is 1.25 bits per heavy atom. The standard InChI is InChI=1S/C14H29NO/c1-11(12(2)16-5)15-10-14(3,4)13-8-6-7-9-13/h11-13,15H,6-10H2,1-5H3. The Hall–Kier alpha value is -0.0800. The van der Waals surface area contributed by atoms with E-state index in [4.69, 9.17) is 4.74 Å². The van der Waals surface area contributed by atoms with Crippen LogP contribution in [0.2, 0.25) is 0 Å². The Morgan fingerprint density at radius 3 is 2.31 bits per heavy atom. The summed E-state index contributed by atoms with van der Waals surface area (Å²) >= 11 is 0. The van der Waals surface area contributed by atoms with E-state index in [-0.39, 0.29) is 0 Å². The summed E-state index contributed by atoms with van der Waals surface area (Å²) in [7, 11) is 1.78. The molecule has 0 aromatic heterocycles. The van der Waals surface area contributed by atoms with Crippen LogP contribution in [0.15, 0.2) is 0 Å². The highest BCUT2D eigenvalue weighted by molar-refractivity contribution is 4.85. The summed E-state index contributed by atoms with van der Waals surface area (Å²) < 4.78 is 5.34. The lowest BCUT2D eigenvalue weighted by molar-refractivity contribution is 0.0805. The summed E-state index contributed by atoms with van der Waals surface area (Å²) in [6.45, 7) is 10.2. The van der Waals surface area contributed by atoms with Gasteiger partial charge in [0.25, 0.3) is 0 Å². The van der Waals surface area contributed by atoms with E-state index in [0.29, 0.717) is 17.6 Å². The predicted octanol–water partition coefficient (Wildman–Crippen LogP) is 3.22. The molecule has 1 aliphatic rings. The van der Waals surface area contributed by atoms with Crippen molar-refractivity contribution < 1.29 is 4.74 Å². The molecule has 0 saturated heterocycles. The quantitative estimate of drug-likeness (QED) is 0.752. The maximum Gasteiger partial charge on any atom is 0.0693 e. The van der Waals surface area contributed by atoms with Gasteiger partial charge in [0.15, 0.2) is 0 Å². The van der Waals surface area contributed by atoms with E-state index in [1.807, 2.05) is 0 Å². The van der Waals surface area contributed by atoms with E-state index in [2.05, 4.69) is 33.0 Å². The highest BCUT2D eigenvalue weighted by atomic mass is 16.5. The Morgan fingerprint density at radius 2 is 1.81 bits per heavy atom. The third kappa shape index (κ3) is 3.74. The van der Waals surface area contributed by atoms with Gasteiger partial charge in [-0.25, -0.2) is 0 Å². The van der Waals surface area contributed by atoms with Crippen molar-refractivity contribution in [1.82, 2.24) is 5.32 Å². The maximum absolute atomic E-state index is 5.34. The Bertz CT molecular complexity index is 197. The Labute approximate surface area is 101 Å². The van der Waals surface area contributed by atoms with Gasteiger partial charge in [0.2, 0.25) is 0 Å². The van der Waals surface area contributed by atoms with Gasteiger partial charge in [-0.15, -0.1) is 0 Å². The monoisotopic (exact) mass is 227 g/mol. The Kier molecular flexibility index (Phi) is 5.26. The zero-order valence-corrected chi connectivity index (χ0v) is 11.7. The minimum atomic E-state index is 0.291. The van der Waals surface area contributed by atoms with Gasteiger partial charge in [-0.1, -0.05) is 26.7 Å². The van der Waals surface area contributed by atoms with Gasteiger partial charge in [-0.3, -0.25) is 0 Å². The first-order valence-corrected chi connectivity index (χ1v) is 6.73. The second-order valence-electron chi connectivity index (χ2n) is 6.08. The van der Waals surface area contributed by atoms with Gasteiger partial charge in [0, 0.05) is 19.7 Å². The molecule has 96 valence electrons. The lowest BCUT2D eigenvalue weighted by Crippen LogP contribution is -2.43. The predicted molar refractivity (Wildman–Crippen MR) is 69.7 cm³/mol. The molecular formula is C14H29NO. The fourth-order valence-corrected chi connectivity index (χ4v) is 2.65. The van der Waals surface area contributed by atoms with Crippen LogP contribution in [0.4, 0.5) is 0 Å². The van der Waals surface area contributed by atoms with E-state index in [0.717, 1.165) is 12.5 Å². The molecule has 1 rings (SSSR count). The SMILES string of the molecule is COC(C)C(C)NCC(C)(C)C1CCCC1. The average molecular weight is 227 g/mol. The van der Waals surface area contributed by atoms with Gasteiger partial charge in [0.05, 0.1) is 6.10 Å². The first-order chi connectivity index (χ1) is 7.47. The minimum absolute atomic E-state index is 0.291. The summed E-state index contributed by atoms with van der Waals surface area (Å²) in [5.41, 5.74) is 0.429. The zero-order chi connectivity index (χ0) is 12.2. The summed E-state index contributed by atoms with van der Waals surface area (Å²) in [5, 5.41) is 3.63. The molecule has 1 aliphatic carbocycles. The summed E-state index contributed by atoms with van der Waals surface area (Å²) in [6.07, 6.45) is 5.99. The van der Waals surface area contributed by atoms with E-state index in [1.54, 1.807) is 7.11 Å². The van der Waals surface area contributed by atoms with Crippen LogP contribution < -0.4 is 5.32 Å². The molecule has 2 nitrogen and oxygen atoms in total. The van der Waals surface area contributed by atoms with Crippen LogP contribution in [0.25, 0.3) is 0 Å². The smallest absolute Gasteiger partial charge is 0.0693 e. The van der Waals surface area contributed by atoms with Gasteiger partial charge < -0.3 is 10.1 Å². The van der Waals surface area contributed by atoms with Crippen LogP contribution in [0.5, 0.6) is 0 Å². The molecule has 0 spiro atoms. The van der Waals surface area contributed by atoms with Crippen molar-refractivity contribution in [3.8, 4) is 0 Å². The molecular weight excluding hydrogens is 198 g/mol. The van der Waals surface area contributed by atoms with Crippen LogP contribution in [0.1, 0.15) is 53.4 Å². The highest BCUT2D eigenvalue weighted by Gasteiger charge is 2.31. The molecule has 0 heterocycles. The number of nitrogens with one attached hydrogen (secondary N) is 1. The Balaban J connectivity index is 2.34. The molecule has 0 aromatic carbocycles. The second-order valence-corrected chi connectivity index (χ2v) is 6.08. The molecule has 1 saturated carbocycles. The van der Waals surface area contributed by atoms with E-state index in [1.165, 1.54) is 25.7 Å². The van der Waals surface area contributed by atoms with Crippen molar-refractivity contribution in [1.29, 1.82) is 0 Å². The molecule has 1 fully saturated rings. The van der Waals surface area contributed by atoms with Gasteiger partial charge in [0.1, 0.15) is 0 Å². The lowest BCUT2D eigenvalue weighted by Gasteiger charge is -2.34. The van der Waals surface area contributed by atoms with E-state index >= 15 is 0 Å². The van der Waals surface area contributed by atoms with Crippen molar-refractivity contribution in [2.24, 2.45) is 11.3 Å². The van der Waals surface area contributed by atoms with E-state index < -0.39 is 0 Å². The fourth-order valence-electron chi connectivity index (χ4n) is 2.65. The first kappa shape index (κ1) is 14.0. The summed E-state index contributed by atoms with van der Waals surface area (Å²) in [5.74, 6) is 0.907. The van der Waals surface area contributed by atoms with Gasteiger partial charge in [-0.05, 0) is 38.0 Å². The fraction of sp³-hybridized carbons (Fsp3) is 1.00. The number of ether oxygens (including phenoxy) is 1. The van der Waals surface area contributed by atoms with Crippen molar-refractivity contribution >= 4 is 0 Å².